The van der Waals surface area contributed by atoms with E-state index in [2.05, 4.69) is 31.4 Å². The number of hydrogen-bond acceptors (Lipinski definition) is 5. The van der Waals surface area contributed by atoms with Crippen LogP contribution in [0.2, 0.25) is 0 Å². The Morgan fingerprint density at radius 3 is 2.85 bits per heavy atom. The predicted octanol–water partition coefficient (Wildman–Crippen LogP) is 3.89. The van der Waals surface area contributed by atoms with Crippen molar-refractivity contribution in [2.75, 3.05) is 0 Å². The number of ether oxygens (including phenoxy) is 1. The number of amides is 1. The number of nitrogens with one attached hydrogen (secondary N) is 1. The molecule has 1 aromatic heterocycles. The fourth-order valence-corrected chi connectivity index (χ4v) is 2.72. The van der Waals surface area contributed by atoms with E-state index in [0.29, 0.717) is 17.5 Å². The molecule has 3 aromatic rings. The van der Waals surface area contributed by atoms with Crippen LogP contribution in [0.1, 0.15) is 18.4 Å². The van der Waals surface area contributed by atoms with Crippen LogP contribution in [0, 0.1) is 6.92 Å². The topological polar surface area (TPSA) is 77.2 Å². The molecule has 0 bridgehead atoms. The maximum Gasteiger partial charge on any atom is 0.261 e. The molecule has 0 saturated carbocycles. The summed E-state index contributed by atoms with van der Waals surface area (Å²) >= 11 is 3.41. The molecule has 1 amide bonds. The molecule has 0 aliphatic carbocycles. The quantitative estimate of drug-likeness (QED) is 0.660. The zero-order valence-electron chi connectivity index (χ0n) is 14.4. The van der Waals surface area contributed by atoms with E-state index in [1.165, 1.54) is 0 Å². The van der Waals surface area contributed by atoms with Gasteiger partial charge in [0.15, 0.2) is 6.10 Å². The van der Waals surface area contributed by atoms with E-state index in [1.54, 1.807) is 6.92 Å². The third-order valence-corrected chi connectivity index (χ3v) is 4.13. The lowest BCUT2D eigenvalue weighted by atomic mass is 10.2. The number of rotatable bonds is 6. The van der Waals surface area contributed by atoms with E-state index in [9.17, 15) is 4.79 Å². The maximum atomic E-state index is 12.2. The van der Waals surface area contributed by atoms with Crippen LogP contribution in [0.4, 0.5) is 0 Å². The summed E-state index contributed by atoms with van der Waals surface area (Å²) in [5.74, 6) is 1.20. The average Bonchev–Trinajstić information content (AvgIpc) is 3.08. The molecule has 0 fully saturated rings. The molecule has 1 heterocycles. The zero-order valence-corrected chi connectivity index (χ0v) is 16.0. The van der Waals surface area contributed by atoms with Gasteiger partial charge in [0, 0.05) is 10.0 Å². The van der Waals surface area contributed by atoms with Crippen LogP contribution in [-0.2, 0) is 11.3 Å². The van der Waals surface area contributed by atoms with Gasteiger partial charge in [-0.2, -0.15) is 4.98 Å². The van der Waals surface area contributed by atoms with Crippen LogP contribution in [0.25, 0.3) is 11.4 Å². The summed E-state index contributed by atoms with van der Waals surface area (Å²) in [7, 11) is 0. The first kappa shape index (κ1) is 18.1. The first-order valence-corrected chi connectivity index (χ1v) is 8.90. The Kier molecular flexibility index (Phi) is 5.68. The van der Waals surface area contributed by atoms with Crippen molar-refractivity contribution in [2.24, 2.45) is 0 Å². The largest absolute Gasteiger partial charge is 0.481 e. The molecule has 1 unspecified atom stereocenters. The third kappa shape index (κ3) is 4.70. The number of nitrogens with zero attached hydrogens (tertiary/aromatic N) is 2. The van der Waals surface area contributed by atoms with Gasteiger partial charge in [0.25, 0.3) is 5.91 Å². The lowest BCUT2D eigenvalue weighted by Gasteiger charge is -2.14. The predicted molar refractivity (Wildman–Crippen MR) is 101 cm³/mol. The molecule has 0 aliphatic heterocycles. The van der Waals surface area contributed by atoms with Crippen molar-refractivity contribution in [1.82, 2.24) is 15.5 Å². The Bertz CT molecular complexity index is 910. The van der Waals surface area contributed by atoms with Crippen LogP contribution in [0.5, 0.6) is 5.75 Å². The lowest BCUT2D eigenvalue weighted by molar-refractivity contribution is -0.127. The molecule has 0 aliphatic rings. The van der Waals surface area contributed by atoms with Gasteiger partial charge >= 0.3 is 0 Å². The Morgan fingerprint density at radius 1 is 1.27 bits per heavy atom. The van der Waals surface area contributed by atoms with Crippen LogP contribution < -0.4 is 10.1 Å². The maximum absolute atomic E-state index is 12.2. The Morgan fingerprint density at radius 2 is 2.08 bits per heavy atom. The number of carbonyl (C=O) groups excluding carboxylic acids is 1. The molecule has 6 nitrogen and oxygen atoms in total. The number of halogens is 1. The molecule has 0 saturated heterocycles. The minimum atomic E-state index is -0.635. The van der Waals surface area contributed by atoms with Crippen molar-refractivity contribution in [3.8, 4) is 17.1 Å². The van der Waals surface area contributed by atoms with Crippen molar-refractivity contribution in [3.63, 3.8) is 0 Å². The fourth-order valence-electron chi connectivity index (χ4n) is 2.32. The van der Waals surface area contributed by atoms with Crippen molar-refractivity contribution in [3.05, 3.63) is 64.5 Å². The van der Waals surface area contributed by atoms with Gasteiger partial charge < -0.3 is 14.6 Å². The SMILES string of the molecule is Cc1cccc(OC(C)C(=O)NCc2nc(-c3cccc(Br)c3)no2)c1. The van der Waals surface area contributed by atoms with Gasteiger partial charge in [0.2, 0.25) is 11.7 Å². The second-order valence-corrected chi connectivity index (χ2v) is 6.73. The van der Waals surface area contributed by atoms with Crippen molar-refractivity contribution in [1.29, 1.82) is 0 Å². The summed E-state index contributed by atoms with van der Waals surface area (Å²) in [6.45, 7) is 3.80. The second kappa shape index (κ2) is 8.14. The van der Waals surface area contributed by atoms with E-state index in [0.717, 1.165) is 15.6 Å². The van der Waals surface area contributed by atoms with Gasteiger partial charge in [0.05, 0.1) is 6.54 Å². The Hall–Kier alpha value is -2.67. The van der Waals surface area contributed by atoms with Gasteiger partial charge in [-0.15, -0.1) is 0 Å². The van der Waals surface area contributed by atoms with Crippen LogP contribution >= 0.6 is 15.9 Å². The molecule has 0 spiro atoms. The van der Waals surface area contributed by atoms with E-state index < -0.39 is 6.10 Å². The van der Waals surface area contributed by atoms with Crippen molar-refractivity contribution in [2.45, 2.75) is 26.5 Å². The molecule has 2 aromatic carbocycles. The number of benzene rings is 2. The van der Waals surface area contributed by atoms with Crippen LogP contribution in [-0.4, -0.2) is 22.2 Å². The van der Waals surface area contributed by atoms with Gasteiger partial charge in [-0.25, -0.2) is 0 Å². The smallest absolute Gasteiger partial charge is 0.261 e. The molecule has 1 N–H and O–H groups in total. The first-order valence-electron chi connectivity index (χ1n) is 8.11. The highest BCUT2D eigenvalue weighted by Crippen LogP contribution is 2.20. The first-order chi connectivity index (χ1) is 12.5. The monoisotopic (exact) mass is 415 g/mol. The van der Waals surface area contributed by atoms with E-state index >= 15 is 0 Å². The number of aryl methyl sites for hydroxylation is 1. The lowest BCUT2D eigenvalue weighted by Crippen LogP contribution is -2.36. The molecule has 1 atom stereocenters. The van der Waals surface area contributed by atoms with Gasteiger partial charge in [0.1, 0.15) is 5.75 Å². The minimum Gasteiger partial charge on any atom is -0.481 e. The molecule has 7 heteroatoms. The van der Waals surface area contributed by atoms with E-state index in [-0.39, 0.29) is 12.5 Å². The highest BCUT2D eigenvalue weighted by Gasteiger charge is 2.16. The van der Waals surface area contributed by atoms with Gasteiger partial charge in [-0.1, -0.05) is 45.4 Å². The zero-order chi connectivity index (χ0) is 18.5. The molecule has 3 rings (SSSR count). The number of hydrogen-bond donors (Lipinski definition) is 1. The summed E-state index contributed by atoms with van der Waals surface area (Å²) in [5.41, 5.74) is 1.90. The molecule has 0 radical (unpaired) electrons. The summed E-state index contributed by atoms with van der Waals surface area (Å²) in [6, 6.07) is 15.1. The molecule has 26 heavy (non-hydrogen) atoms. The van der Waals surface area contributed by atoms with Crippen molar-refractivity contribution >= 4 is 21.8 Å². The summed E-state index contributed by atoms with van der Waals surface area (Å²) in [6.07, 6.45) is -0.635. The average molecular weight is 416 g/mol. The fraction of sp³-hybridized carbons (Fsp3) is 0.211. The van der Waals surface area contributed by atoms with Gasteiger partial charge in [-0.3, -0.25) is 4.79 Å². The summed E-state index contributed by atoms with van der Waals surface area (Å²) in [4.78, 5) is 16.5. The highest BCUT2D eigenvalue weighted by atomic mass is 79.9. The normalized spacial score (nSPS) is 11.8. The highest BCUT2D eigenvalue weighted by molar-refractivity contribution is 9.10. The van der Waals surface area contributed by atoms with Gasteiger partial charge in [-0.05, 0) is 43.7 Å². The van der Waals surface area contributed by atoms with E-state index in [1.807, 2.05) is 55.5 Å². The number of carbonyl (C=O) groups is 1. The molecular formula is C19H18BrN3O3. The second-order valence-electron chi connectivity index (χ2n) is 5.82. The summed E-state index contributed by atoms with van der Waals surface area (Å²) < 4.78 is 11.8. The number of aromatic nitrogens is 2. The Balaban J connectivity index is 1.56. The standard InChI is InChI=1S/C19H18BrN3O3/c1-12-5-3-8-16(9-12)25-13(2)19(24)21-11-17-22-18(23-26-17)14-6-4-7-15(20)10-14/h3-10,13H,11H2,1-2H3,(H,21,24). The third-order valence-electron chi connectivity index (χ3n) is 3.64. The molecular weight excluding hydrogens is 398 g/mol. The minimum absolute atomic E-state index is 0.140. The van der Waals surface area contributed by atoms with Crippen LogP contribution in [0.15, 0.2) is 57.5 Å². The molecule has 134 valence electrons. The summed E-state index contributed by atoms with van der Waals surface area (Å²) in [5, 5.41) is 6.68. The van der Waals surface area contributed by atoms with Crippen LogP contribution in [0.3, 0.4) is 0 Å². The van der Waals surface area contributed by atoms with Crippen molar-refractivity contribution < 1.29 is 14.1 Å². The van der Waals surface area contributed by atoms with E-state index in [4.69, 9.17) is 9.26 Å². The Labute approximate surface area is 159 Å².